The molecule has 3 atom stereocenters. The largest absolute Gasteiger partial charge is 0.479 e. The van der Waals surface area contributed by atoms with Gasteiger partial charge in [0.2, 0.25) is 33.7 Å². The van der Waals surface area contributed by atoms with Crippen molar-refractivity contribution >= 4 is 21.9 Å². The van der Waals surface area contributed by atoms with E-state index in [4.69, 9.17) is 18.9 Å². The highest BCUT2D eigenvalue weighted by Gasteiger charge is 2.39. The van der Waals surface area contributed by atoms with Crippen molar-refractivity contribution in [2.45, 2.75) is 56.7 Å². The summed E-state index contributed by atoms with van der Waals surface area (Å²) in [7, 11) is -1.27. The first-order chi connectivity index (χ1) is 19.7. The van der Waals surface area contributed by atoms with Crippen molar-refractivity contribution in [2.24, 2.45) is 0 Å². The molecule has 5 rings (SSSR count). The number of rotatable bonds is 10. The van der Waals surface area contributed by atoms with Gasteiger partial charge in [-0.05, 0) is 33.1 Å². The molecule has 17 heteroatoms. The Morgan fingerprint density at radius 2 is 1.78 bits per heavy atom. The second kappa shape index (κ2) is 12.0. The molecule has 0 unspecified atom stereocenters. The number of piperidine rings is 1. The van der Waals surface area contributed by atoms with Crippen molar-refractivity contribution in [3.63, 3.8) is 0 Å². The highest BCUT2D eigenvalue weighted by atomic mass is 32.2. The van der Waals surface area contributed by atoms with E-state index in [-0.39, 0.29) is 48.4 Å². The Morgan fingerprint density at radius 1 is 1.07 bits per heavy atom. The van der Waals surface area contributed by atoms with E-state index >= 15 is 0 Å². The van der Waals surface area contributed by atoms with E-state index < -0.39 is 33.3 Å². The number of ether oxygens (including phenoxy) is 4. The minimum Gasteiger partial charge on any atom is -0.479 e. The SMILES string of the molecule is COc1ncnc(OC)c1-n1c(NS(=O)(=O)[C@@H]2C[C@@H](OC(C)C)CN(c3ncc(F)cn3)C2)nnc1[C@H]1CCCO1. The summed E-state index contributed by atoms with van der Waals surface area (Å²) in [5.74, 6) is 0.0844. The molecule has 0 saturated carbocycles. The minimum atomic E-state index is -4.12. The van der Waals surface area contributed by atoms with Crippen LogP contribution in [0.25, 0.3) is 5.69 Å². The van der Waals surface area contributed by atoms with Gasteiger partial charge in [0.1, 0.15) is 17.7 Å². The molecule has 0 aliphatic carbocycles. The number of aromatic nitrogens is 7. The van der Waals surface area contributed by atoms with E-state index in [2.05, 4.69) is 34.9 Å². The number of anilines is 2. The Kier molecular flexibility index (Phi) is 8.46. The van der Waals surface area contributed by atoms with Crippen LogP contribution in [0.15, 0.2) is 18.7 Å². The standard InChI is InChI=1S/C24H32FN9O6S/c1-14(2)40-16-8-17(12-33(11-16)23-26-9-15(25)10-27-23)41(35,36)32-24-31-30-20(18-6-5-7-39-18)34(24)19-21(37-3)28-13-29-22(19)38-4/h9-10,13-14,16-18H,5-8,11-12H2,1-4H3,(H,31,32)/t16-,17-,18-/m1/s1. The smallest absolute Gasteiger partial charge is 0.245 e. The highest BCUT2D eigenvalue weighted by Crippen LogP contribution is 2.37. The van der Waals surface area contributed by atoms with Crippen molar-refractivity contribution in [1.82, 2.24) is 34.7 Å². The van der Waals surface area contributed by atoms with Crippen LogP contribution in [0.5, 0.6) is 11.8 Å². The van der Waals surface area contributed by atoms with Crippen molar-refractivity contribution in [3.05, 3.63) is 30.4 Å². The first-order valence-electron chi connectivity index (χ1n) is 13.1. The van der Waals surface area contributed by atoms with Gasteiger partial charge in [-0.2, -0.15) is 9.97 Å². The van der Waals surface area contributed by atoms with Crippen LogP contribution in [0.3, 0.4) is 0 Å². The number of sulfonamides is 1. The van der Waals surface area contributed by atoms with Crippen molar-refractivity contribution < 1.29 is 31.8 Å². The number of hydrogen-bond acceptors (Lipinski definition) is 13. The molecule has 0 radical (unpaired) electrons. The monoisotopic (exact) mass is 593 g/mol. The maximum absolute atomic E-state index is 13.9. The minimum absolute atomic E-state index is 0.0345. The van der Waals surface area contributed by atoms with E-state index in [9.17, 15) is 12.8 Å². The molecule has 2 aliphatic rings. The zero-order valence-electron chi connectivity index (χ0n) is 23.1. The van der Waals surface area contributed by atoms with Gasteiger partial charge in [0.25, 0.3) is 0 Å². The zero-order chi connectivity index (χ0) is 29.1. The quantitative estimate of drug-likeness (QED) is 0.361. The molecule has 222 valence electrons. The van der Waals surface area contributed by atoms with Crippen molar-refractivity contribution in [2.75, 3.05) is 43.5 Å². The van der Waals surface area contributed by atoms with Crippen LogP contribution in [0.2, 0.25) is 0 Å². The fraction of sp³-hybridized carbons (Fsp3) is 0.583. The second-order valence-electron chi connectivity index (χ2n) is 9.88. The van der Waals surface area contributed by atoms with Gasteiger partial charge in [-0.15, -0.1) is 10.2 Å². The average Bonchev–Trinajstić information content (AvgIpc) is 3.62. The van der Waals surface area contributed by atoms with Crippen LogP contribution in [0, 0.1) is 5.82 Å². The summed E-state index contributed by atoms with van der Waals surface area (Å²) in [5.41, 5.74) is 0.219. The Labute approximate surface area is 236 Å². The molecule has 41 heavy (non-hydrogen) atoms. The molecule has 3 aromatic heterocycles. The van der Waals surface area contributed by atoms with Gasteiger partial charge >= 0.3 is 0 Å². The van der Waals surface area contributed by atoms with Gasteiger partial charge in [0, 0.05) is 19.7 Å². The van der Waals surface area contributed by atoms with Gasteiger partial charge in [0.15, 0.2) is 17.3 Å². The van der Waals surface area contributed by atoms with Gasteiger partial charge in [0.05, 0.1) is 38.8 Å². The van der Waals surface area contributed by atoms with Gasteiger partial charge in [-0.3, -0.25) is 9.29 Å². The highest BCUT2D eigenvalue weighted by molar-refractivity contribution is 7.93. The molecule has 0 bridgehead atoms. The van der Waals surface area contributed by atoms with Crippen LogP contribution < -0.4 is 19.1 Å². The summed E-state index contributed by atoms with van der Waals surface area (Å²) in [6, 6.07) is 0. The van der Waals surface area contributed by atoms with Crippen LogP contribution in [-0.4, -0.2) is 94.5 Å². The van der Waals surface area contributed by atoms with Crippen LogP contribution in [-0.2, 0) is 19.5 Å². The molecule has 2 saturated heterocycles. The lowest BCUT2D eigenvalue weighted by Gasteiger charge is -2.37. The zero-order valence-corrected chi connectivity index (χ0v) is 23.9. The molecule has 0 amide bonds. The topological polar surface area (TPSA) is 169 Å². The predicted molar refractivity (Wildman–Crippen MR) is 143 cm³/mol. The van der Waals surface area contributed by atoms with E-state index in [1.54, 1.807) is 4.90 Å². The number of hydrogen-bond donors (Lipinski definition) is 1. The van der Waals surface area contributed by atoms with E-state index in [1.807, 2.05) is 13.8 Å². The van der Waals surface area contributed by atoms with Crippen LogP contribution in [0.4, 0.5) is 16.3 Å². The number of nitrogens with zero attached hydrogens (tertiary/aromatic N) is 8. The molecule has 2 aliphatic heterocycles. The summed E-state index contributed by atoms with van der Waals surface area (Å²) in [5, 5.41) is 7.50. The predicted octanol–water partition coefficient (Wildman–Crippen LogP) is 1.67. The normalized spacial score (nSPS) is 21.3. The summed E-state index contributed by atoms with van der Waals surface area (Å²) in [6.07, 6.45) is 3.94. The maximum Gasteiger partial charge on any atom is 0.245 e. The lowest BCUT2D eigenvalue weighted by Crippen LogP contribution is -2.51. The van der Waals surface area contributed by atoms with Gasteiger partial charge in [-0.1, -0.05) is 0 Å². The lowest BCUT2D eigenvalue weighted by molar-refractivity contribution is 0.00147. The van der Waals surface area contributed by atoms with Gasteiger partial charge < -0.3 is 23.8 Å². The molecule has 15 nitrogen and oxygen atoms in total. The third kappa shape index (κ3) is 6.15. The van der Waals surface area contributed by atoms with Crippen molar-refractivity contribution in [3.8, 4) is 17.4 Å². The maximum atomic E-state index is 13.9. The molecule has 1 N–H and O–H groups in total. The molecular weight excluding hydrogens is 561 g/mol. The first kappa shape index (κ1) is 28.8. The third-order valence-electron chi connectivity index (χ3n) is 6.67. The number of halogens is 1. The lowest BCUT2D eigenvalue weighted by atomic mass is 10.1. The summed E-state index contributed by atoms with van der Waals surface area (Å²) < 4.78 is 68.2. The summed E-state index contributed by atoms with van der Waals surface area (Å²) in [4.78, 5) is 18.1. The Bertz CT molecular complexity index is 1430. The Hall–Kier alpha value is -3.70. The second-order valence-corrected chi connectivity index (χ2v) is 11.8. The summed E-state index contributed by atoms with van der Waals surface area (Å²) in [6.45, 7) is 4.64. The fourth-order valence-corrected chi connectivity index (χ4v) is 6.37. The fourth-order valence-electron chi connectivity index (χ4n) is 4.97. The molecular formula is C24H32FN9O6S. The van der Waals surface area contributed by atoms with E-state index in [0.29, 0.717) is 25.4 Å². The van der Waals surface area contributed by atoms with Gasteiger partial charge in [-0.25, -0.2) is 22.8 Å². The third-order valence-corrected chi connectivity index (χ3v) is 8.36. The Balaban J connectivity index is 1.52. The van der Waals surface area contributed by atoms with Crippen LogP contribution >= 0.6 is 0 Å². The average molecular weight is 594 g/mol. The first-order valence-corrected chi connectivity index (χ1v) is 14.6. The number of methoxy groups -OCH3 is 2. The molecule has 0 aromatic carbocycles. The van der Waals surface area contributed by atoms with E-state index in [1.165, 1.54) is 25.1 Å². The van der Waals surface area contributed by atoms with Crippen molar-refractivity contribution in [1.29, 1.82) is 0 Å². The molecule has 5 heterocycles. The van der Waals surface area contributed by atoms with E-state index in [0.717, 1.165) is 18.8 Å². The summed E-state index contributed by atoms with van der Waals surface area (Å²) >= 11 is 0. The Morgan fingerprint density at radius 3 is 2.39 bits per heavy atom. The molecule has 2 fully saturated rings. The molecule has 3 aromatic rings. The van der Waals surface area contributed by atoms with Crippen LogP contribution in [0.1, 0.15) is 45.0 Å². The number of nitrogens with one attached hydrogen (secondary N) is 1. The molecule has 0 spiro atoms.